The van der Waals surface area contributed by atoms with Crippen molar-refractivity contribution in [3.05, 3.63) is 29.3 Å². The lowest BCUT2D eigenvalue weighted by atomic mass is 9.67. The zero-order valence-electron chi connectivity index (χ0n) is 11.7. The van der Waals surface area contributed by atoms with Gasteiger partial charge in [0.1, 0.15) is 11.5 Å². The first-order valence-electron chi connectivity index (χ1n) is 6.92. The van der Waals surface area contributed by atoms with E-state index in [4.69, 9.17) is 4.74 Å². The molecular weight excluding hydrogens is 272 g/mol. The highest BCUT2D eigenvalue weighted by atomic mass is 16.5. The van der Waals surface area contributed by atoms with Gasteiger partial charge in [0, 0.05) is 17.4 Å². The third-order valence-electron chi connectivity index (χ3n) is 4.69. The van der Waals surface area contributed by atoms with E-state index in [1.54, 1.807) is 19.2 Å². The number of Topliss-reactive ketones (excluding diaryl/α,β-unsaturated/α-hetero) is 2. The smallest absolute Gasteiger partial charge is 0.169 e. The Morgan fingerprint density at radius 2 is 2.14 bits per heavy atom. The summed E-state index contributed by atoms with van der Waals surface area (Å²) in [6.07, 6.45) is 1.04. The minimum atomic E-state index is -1.37. The largest absolute Gasteiger partial charge is 0.549 e. The molecule has 5 heteroatoms. The molecule has 0 unspecified atom stereocenters. The number of ether oxygens (including phenoxy) is 1. The molecule has 1 spiro atoms. The van der Waals surface area contributed by atoms with Crippen molar-refractivity contribution in [3.8, 4) is 5.75 Å². The molecule has 2 aliphatic rings. The van der Waals surface area contributed by atoms with Crippen LogP contribution in [0.15, 0.2) is 18.2 Å². The van der Waals surface area contributed by atoms with Crippen molar-refractivity contribution in [2.24, 2.45) is 11.3 Å². The molecule has 2 atom stereocenters. The number of methoxy groups -OCH3 is 1. The van der Waals surface area contributed by atoms with Crippen LogP contribution in [0.2, 0.25) is 0 Å². The maximum absolute atomic E-state index is 12.7. The second-order valence-electron chi connectivity index (χ2n) is 5.85. The average Bonchev–Trinajstić information content (AvgIpc) is 2.73. The predicted octanol–water partition coefficient (Wildman–Crippen LogP) is 0.539. The number of hydrogen-bond donors (Lipinski definition) is 0. The van der Waals surface area contributed by atoms with Crippen molar-refractivity contribution in [1.29, 1.82) is 0 Å². The fraction of sp³-hybridized carbons (Fsp3) is 0.438. The van der Waals surface area contributed by atoms with Crippen molar-refractivity contribution in [1.82, 2.24) is 0 Å². The molecule has 0 saturated heterocycles. The number of hydrogen-bond acceptors (Lipinski definition) is 5. The summed E-state index contributed by atoms with van der Waals surface area (Å²) >= 11 is 0. The lowest BCUT2D eigenvalue weighted by Crippen LogP contribution is -2.46. The van der Waals surface area contributed by atoms with Gasteiger partial charge in [-0.3, -0.25) is 9.59 Å². The molecule has 2 aliphatic carbocycles. The van der Waals surface area contributed by atoms with Crippen molar-refractivity contribution in [3.63, 3.8) is 0 Å². The number of aliphatic carboxylic acids is 1. The number of benzene rings is 1. The monoisotopic (exact) mass is 287 g/mol. The fourth-order valence-corrected chi connectivity index (χ4v) is 3.52. The van der Waals surface area contributed by atoms with Crippen molar-refractivity contribution in [2.75, 3.05) is 7.11 Å². The van der Waals surface area contributed by atoms with Gasteiger partial charge in [0.05, 0.1) is 19.0 Å². The Morgan fingerprint density at radius 3 is 2.81 bits per heavy atom. The van der Waals surface area contributed by atoms with Crippen LogP contribution < -0.4 is 9.84 Å². The summed E-state index contributed by atoms with van der Waals surface area (Å²) in [5, 5.41) is 11.1. The van der Waals surface area contributed by atoms with E-state index in [1.807, 2.05) is 6.07 Å². The second kappa shape index (κ2) is 4.69. The Labute approximate surface area is 121 Å². The van der Waals surface area contributed by atoms with Crippen LogP contribution in [-0.4, -0.2) is 24.6 Å². The van der Waals surface area contributed by atoms with Gasteiger partial charge >= 0.3 is 0 Å². The first-order valence-corrected chi connectivity index (χ1v) is 6.92. The highest BCUT2D eigenvalue weighted by Gasteiger charge is 2.50. The number of ketones is 2. The molecule has 1 aromatic carbocycles. The molecule has 0 radical (unpaired) electrons. The number of carboxylic acids is 1. The maximum Gasteiger partial charge on any atom is 0.169 e. The summed E-state index contributed by atoms with van der Waals surface area (Å²) in [5.41, 5.74) is 0.709. The molecule has 110 valence electrons. The molecule has 0 heterocycles. The van der Waals surface area contributed by atoms with Gasteiger partial charge in [0.15, 0.2) is 5.78 Å². The first-order chi connectivity index (χ1) is 9.97. The number of carboxylic acid groups (broad SMARTS) is 1. The minimum Gasteiger partial charge on any atom is -0.549 e. The van der Waals surface area contributed by atoms with Gasteiger partial charge in [0.2, 0.25) is 0 Å². The Kier molecular flexibility index (Phi) is 3.08. The number of carbonyl (C=O) groups excluding carboxylic acids is 3. The van der Waals surface area contributed by atoms with Crippen LogP contribution in [0, 0.1) is 11.3 Å². The summed E-state index contributed by atoms with van der Waals surface area (Å²) in [4.78, 5) is 35.5. The van der Waals surface area contributed by atoms with Gasteiger partial charge in [0.25, 0.3) is 0 Å². The van der Waals surface area contributed by atoms with Crippen molar-refractivity contribution in [2.45, 2.75) is 25.7 Å². The molecule has 5 nitrogen and oxygen atoms in total. The molecule has 0 N–H and O–H groups in total. The van der Waals surface area contributed by atoms with Gasteiger partial charge in [-0.15, -0.1) is 0 Å². The van der Waals surface area contributed by atoms with E-state index in [2.05, 4.69) is 0 Å². The quantitative estimate of drug-likeness (QED) is 0.741. The van der Waals surface area contributed by atoms with Crippen molar-refractivity contribution >= 4 is 17.5 Å². The molecular formula is C16H15O5-. The van der Waals surface area contributed by atoms with Crippen LogP contribution in [0.1, 0.15) is 35.2 Å². The van der Waals surface area contributed by atoms with E-state index in [0.29, 0.717) is 24.2 Å². The highest BCUT2D eigenvalue weighted by molar-refractivity contribution is 6.07. The predicted molar refractivity (Wildman–Crippen MR) is 70.8 cm³/mol. The summed E-state index contributed by atoms with van der Waals surface area (Å²) in [6, 6.07) is 5.25. The lowest BCUT2D eigenvalue weighted by molar-refractivity contribution is -0.311. The fourth-order valence-electron chi connectivity index (χ4n) is 3.52. The normalized spacial score (nSPS) is 27.8. The average molecular weight is 287 g/mol. The molecule has 0 aromatic heterocycles. The molecule has 21 heavy (non-hydrogen) atoms. The number of rotatable bonds is 2. The zero-order valence-corrected chi connectivity index (χ0v) is 11.7. The van der Waals surface area contributed by atoms with Crippen LogP contribution in [0.4, 0.5) is 0 Å². The van der Waals surface area contributed by atoms with Gasteiger partial charge in [-0.25, -0.2) is 0 Å². The standard InChI is InChI=1S/C16H16O5/c1-21-10-2-3-11-9(6-10)7-16(14(11)18)5-4-13(17)12(8-16)15(19)20/h2-3,6,12H,4-5,7-8H2,1H3,(H,19,20)/p-1/t12-,16-/m0/s1. The van der Waals surface area contributed by atoms with E-state index in [0.717, 1.165) is 5.56 Å². The summed E-state index contributed by atoms with van der Waals surface area (Å²) in [5.74, 6) is -2.26. The molecule has 1 aromatic rings. The molecule has 1 fully saturated rings. The third kappa shape index (κ3) is 2.04. The SMILES string of the molecule is COc1ccc2c(c1)C[C@]1(CCC(=O)[C@@H](C(=O)[O-])C1)C2=O. The van der Waals surface area contributed by atoms with Crippen LogP contribution in [0.5, 0.6) is 5.75 Å². The van der Waals surface area contributed by atoms with E-state index in [-0.39, 0.29) is 24.4 Å². The molecule has 0 aliphatic heterocycles. The van der Waals surface area contributed by atoms with Crippen LogP contribution in [0.25, 0.3) is 0 Å². The highest BCUT2D eigenvalue weighted by Crippen LogP contribution is 2.48. The third-order valence-corrected chi connectivity index (χ3v) is 4.69. The Morgan fingerprint density at radius 1 is 1.38 bits per heavy atom. The molecule has 1 saturated carbocycles. The number of fused-ring (bicyclic) bond motifs is 1. The van der Waals surface area contributed by atoms with Gasteiger partial charge < -0.3 is 14.6 Å². The van der Waals surface area contributed by atoms with Gasteiger partial charge in [-0.05, 0) is 43.0 Å². The molecule has 0 bridgehead atoms. The van der Waals surface area contributed by atoms with E-state index in [1.165, 1.54) is 0 Å². The topological polar surface area (TPSA) is 83.5 Å². The van der Waals surface area contributed by atoms with Crippen molar-refractivity contribution < 1.29 is 24.2 Å². The van der Waals surface area contributed by atoms with E-state index >= 15 is 0 Å². The Balaban J connectivity index is 1.96. The summed E-state index contributed by atoms with van der Waals surface area (Å²) in [6.45, 7) is 0. The summed E-state index contributed by atoms with van der Waals surface area (Å²) in [7, 11) is 1.56. The second-order valence-corrected chi connectivity index (χ2v) is 5.85. The zero-order chi connectivity index (χ0) is 15.2. The van der Waals surface area contributed by atoms with E-state index < -0.39 is 17.3 Å². The van der Waals surface area contributed by atoms with Crippen LogP contribution >= 0.6 is 0 Å². The maximum atomic E-state index is 12.7. The number of carbonyl (C=O) groups is 3. The van der Waals surface area contributed by atoms with Crippen LogP contribution in [0.3, 0.4) is 0 Å². The van der Waals surface area contributed by atoms with Crippen LogP contribution in [-0.2, 0) is 16.0 Å². The minimum absolute atomic E-state index is 0.0456. The first kappa shape index (κ1) is 13.8. The Bertz CT molecular complexity index is 648. The van der Waals surface area contributed by atoms with Gasteiger partial charge in [-0.1, -0.05) is 0 Å². The molecule has 3 rings (SSSR count). The molecule has 0 amide bonds. The van der Waals surface area contributed by atoms with E-state index in [9.17, 15) is 19.5 Å². The Hall–Kier alpha value is -2.17. The van der Waals surface area contributed by atoms with Gasteiger partial charge in [-0.2, -0.15) is 0 Å². The summed E-state index contributed by atoms with van der Waals surface area (Å²) < 4.78 is 5.16. The lowest BCUT2D eigenvalue weighted by Gasteiger charge is -2.36.